The van der Waals surface area contributed by atoms with Gasteiger partial charge < -0.3 is 15.5 Å². The summed E-state index contributed by atoms with van der Waals surface area (Å²) >= 11 is 0. The van der Waals surface area contributed by atoms with Gasteiger partial charge in [-0.3, -0.25) is 0 Å². The van der Waals surface area contributed by atoms with Gasteiger partial charge in [0.25, 0.3) is 0 Å². The molecule has 0 bridgehead atoms. The third kappa shape index (κ3) is 2.47. The molecular formula is C15H18N4O. The summed E-state index contributed by atoms with van der Waals surface area (Å²) in [4.78, 5) is 14.0. The lowest BCUT2D eigenvalue weighted by molar-refractivity contribution is 0.215. The lowest BCUT2D eigenvalue weighted by Crippen LogP contribution is -2.51. The molecule has 2 aliphatic heterocycles. The van der Waals surface area contributed by atoms with Crippen molar-refractivity contribution in [3.63, 3.8) is 0 Å². The Hall–Kier alpha value is -2.06. The number of benzene rings is 1. The number of hydrogen-bond donors (Lipinski definition) is 2. The van der Waals surface area contributed by atoms with Crippen LogP contribution in [0.25, 0.3) is 0 Å². The zero-order valence-electron chi connectivity index (χ0n) is 11.4. The number of urea groups is 1. The van der Waals surface area contributed by atoms with Crippen LogP contribution in [0.2, 0.25) is 0 Å². The van der Waals surface area contributed by atoms with E-state index in [1.807, 2.05) is 17.0 Å². The Bertz CT molecular complexity index is 540. The summed E-state index contributed by atoms with van der Waals surface area (Å²) in [5, 5.41) is 15.3. The summed E-state index contributed by atoms with van der Waals surface area (Å²) < 4.78 is 0. The van der Waals surface area contributed by atoms with Gasteiger partial charge in [-0.2, -0.15) is 5.26 Å². The first-order chi connectivity index (χ1) is 9.71. The van der Waals surface area contributed by atoms with E-state index in [2.05, 4.69) is 16.7 Å². The third-order valence-corrected chi connectivity index (χ3v) is 4.17. The lowest BCUT2D eigenvalue weighted by atomic mass is 9.89. The molecule has 2 heterocycles. The molecule has 1 aromatic rings. The van der Waals surface area contributed by atoms with E-state index >= 15 is 0 Å². The minimum absolute atomic E-state index is 0.0243. The molecular weight excluding hydrogens is 252 g/mol. The average Bonchev–Trinajstić information content (AvgIpc) is 2.76. The van der Waals surface area contributed by atoms with Crippen LogP contribution in [-0.4, -0.2) is 36.1 Å². The van der Waals surface area contributed by atoms with Gasteiger partial charge in [0, 0.05) is 13.1 Å². The van der Waals surface area contributed by atoms with Crippen molar-refractivity contribution in [2.24, 2.45) is 0 Å². The standard InChI is InChI=1S/C15H18N4O/c16-9-12-1-3-13(4-2-12)10-19-11-15(18-14(19)20)5-7-17-8-6-15/h1-4,17H,5-8,10-11H2,(H,18,20). The molecule has 0 saturated carbocycles. The molecule has 5 nitrogen and oxygen atoms in total. The minimum atomic E-state index is -0.0467. The quantitative estimate of drug-likeness (QED) is 0.848. The normalized spacial score (nSPS) is 20.8. The van der Waals surface area contributed by atoms with Gasteiger partial charge in [-0.1, -0.05) is 12.1 Å². The molecule has 2 N–H and O–H groups in total. The third-order valence-electron chi connectivity index (χ3n) is 4.17. The first-order valence-electron chi connectivity index (χ1n) is 6.98. The van der Waals surface area contributed by atoms with Crippen LogP contribution in [0.15, 0.2) is 24.3 Å². The zero-order valence-corrected chi connectivity index (χ0v) is 11.4. The number of amides is 2. The summed E-state index contributed by atoms with van der Waals surface area (Å²) in [6.07, 6.45) is 1.98. The number of hydrogen-bond acceptors (Lipinski definition) is 3. The highest BCUT2D eigenvalue weighted by Crippen LogP contribution is 2.26. The van der Waals surface area contributed by atoms with Crippen LogP contribution in [0.4, 0.5) is 4.79 Å². The molecule has 1 spiro atoms. The van der Waals surface area contributed by atoms with Crippen LogP contribution in [0.3, 0.4) is 0 Å². The first kappa shape index (κ1) is 12.9. The topological polar surface area (TPSA) is 68.2 Å². The Balaban J connectivity index is 1.68. The minimum Gasteiger partial charge on any atom is -0.331 e. The van der Waals surface area contributed by atoms with Crippen molar-refractivity contribution in [1.29, 1.82) is 5.26 Å². The van der Waals surface area contributed by atoms with Crippen molar-refractivity contribution < 1.29 is 4.79 Å². The molecule has 1 aromatic carbocycles. The SMILES string of the molecule is N#Cc1ccc(CN2CC3(CCNCC3)NC2=O)cc1. The van der Waals surface area contributed by atoms with Crippen molar-refractivity contribution in [1.82, 2.24) is 15.5 Å². The van der Waals surface area contributed by atoms with E-state index < -0.39 is 0 Å². The average molecular weight is 270 g/mol. The molecule has 0 aromatic heterocycles. The molecule has 2 saturated heterocycles. The Labute approximate surface area is 118 Å². The second-order valence-electron chi connectivity index (χ2n) is 5.63. The van der Waals surface area contributed by atoms with E-state index in [1.165, 1.54) is 0 Å². The van der Waals surface area contributed by atoms with E-state index in [0.29, 0.717) is 12.1 Å². The van der Waals surface area contributed by atoms with Crippen LogP contribution in [0, 0.1) is 11.3 Å². The smallest absolute Gasteiger partial charge is 0.318 e. The van der Waals surface area contributed by atoms with Crippen LogP contribution < -0.4 is 10.6 Å². The van der Waals surface area contributed by atoms with Gasteiger partial charge in [0.15, 0.2) is 0 Å². The molecule has 0 atom stereocenters. The van der Waals surface area contributed by atoms with Gasteiger partial charge in [-0.15, -0.1) is 0 Å². The summed E-state index contributed by atoms with van der Waals surface area (Å²) in [6, 6.07) is 9.55. The summed E-state index contributed by atoms with van der Waals surface area (Å²) in [5.74, 6) is 0. The molecule has 5 heteroatoms. The Morgan fingerprint density at radius 2 is 1.95 bits per heavy atom. The number of piperidine rings is 1. The van der Waals surface area contributed by atoms with Crippen LogP contribution in [0.5, 0.6) is 0 Å². The molecule has 0 radical (unpaired) electrons. The molecule has 3 rings (SSSR count). The van der Waals surface area contributed by atoms with Crippen LogP contribution >= 0.6 is 0 Å². The highest BCUT2D eigenvalue weighted by molar-refractivity contribution is 5.78. The molecule has 2 amide bonds. The van der Waals surface area contributed by atoms with Crippen molar-refractivity contribution in [2.45, 2.75) is 24.9 Å². The van der Waals surface area contributed by atoms with Crippen molar-refractivity contribution >= 4 is 6.03 Å². The second-order valence-corrected chi connectivity index (χ2v) is 5.63. The molecule has 2 fully saturated rings. The number of nitrogens with zero attached hydrogens (tertiary/aromatic N) is 2. The van der Waals surface area contributed by atoms with E-state index in [-0.39, 0.29) is 11.6 Å². The number of rotatable bonds is 2. The summed E-state index contributed by atoms with van der Waals surface area (Å²) in [5.41, 5.74) is 1.66. The van der Waals surface area contributed by atoms with Crippen LogP contribution in [-0.2, 0) is 6.54 Å². The number of carbonyl (C=O) groups is 1. The number of carbonyl (C=O) groups excluding carboxylic acids is 1. The van der Waals surface area contributed by atoms with Crippen LogP contribution in [0.1, 0.15) is 24.0 Å². The van der Waals surface area contributed by atoms with Gasteiger partial charge in [0.05, 0.1) is 17.2 Å². The maximum absolute atomic E-state index is 12.1. The van der Waals surface area contributed by atoms with Crippen molar-refractivity contribution in [3.8, 4) is 6.07 Å². The molecule has 2 aliphatic rings. The van der Waals surface area contributed by atoms with E-state index in [1.54, 1.807) is 12.1 Å². The van der Waals surface area contributed by atoms with E-state index in [9.17, 15) is 4.79 Å². The fraction of sp³-hybridized carbons (Fsp3) is 0.467. The Morgan fingerprint density at radius 1 is 1.25 bits per heavy atom. The van der Waals surface area contributed by atoms with Gasteiger partial charge in [-0.25, -0.2) is 4.79 Å². The maximum Gasteiger partial charge on any atom is 0.318 e. The first-order valence-corrected chi connectivity index (χ1v) is 6.98. The predicted molar refractivity (Wildman–Crippen MR) is 74.9 cm³/mol. The molecule has 104 valence electrons. The molecule has 0 aliphatic carbocycles. The van der Waals surface area contributed by atoms with E-state index in [4.69, 9.17) is 5.26 Å². The van der Waals surface area contributed by atoms with Crippen molar-refractivity contribution in [3.05, 3.63) is 35.4 Å². The number of nitrogens with one attached hydrogen (secondary N) is 2. The maximum atomic E-state index is 12.1. The fourth-order valence-corrected chi connectivity index (χ4v) is 3.00. The Kier molecular flexibility index (Phi) is 3.33. The molecule has 20 heavy (non-hydrogen) atoms. The van der Waals surface area contributed by atoms with Crippen molar-refractivity contribution in [2.75, 3.05) is 19.6 Å². The van der Waals surface area contributed by atoms with Gasteiger partial charge in [0.1, 0.15) is 0 Å². The monoisotopic (exact) mass is 270 g/mol. The number of nitriles is 1. The summed E-state index contributed by atoms with van der Waals surface area (Å²) in [7, 11) is 0. The predicted octanol–water partition coefficient (Wildman–Crippen LogP) is 1.21. The molecule has 0 unspecified atom stereocenters. The van der Waals surface area contributed by atoms with E-state index in [0.717, 1.165) is 38.0 Å². The van der Waals surface area contributed by atoms with Gasteiger partial charge >= 0.3 is 6.03 Å². The highest BCUT2D eigenvalue weighted by atomic mass is 16.2. The fourth-order valence-electron chi connectivity index (χ4n) is 3.00. The lowest BCUT2D eigenvalue weighted by Gasteiger charge is -2.33. The van der Waals surface area contributed by atoms with Gasteiger partial charge in [0.2, 0.25) is 0 Å². The van der Waals surface area contributed by atoms with Gasteiger partial charge in [-0.05, 0) is 43.6 Å². The largest absolute Gasteiger partial charge is 0.331 e. The zero-order chi connectivity index (χ0) is 14.0. The summed E-state index contributed by atoms with van der Waals surface area (Å²) in [6.45, 7) is 3.30. The highest BCUT2D eigenvalue weighted by Gasteiger charge is 2.42. The second kappa shape index (κ2) is 5.14. The Morgan fingerprint density at radius 3 is 2.60 bits per heavy atom.